The fourth-order valence-corrected chi connectivity index (χ4v) is 1.24. The maximum atomic E-state index is 8.65. The topological polar surface area (TPSA) is 49.7 Å². The summed E-state index contributed by atoms with van der Waals surface area (Å²) in [6.45, 7) is 5.77. The smallest absolute Gasteiger partial charge is 0.512 e. The molecule has 1 rings (SSSR count). The van der Waals surface area contributed by atoms with Gasteiger partial charge in [-0.1, -0.05) is 6.07 Å². The summed E-state index contributed by atoms with van der Waals surface area (Å²) in [7, 11) is -1.75. The number of aryl methyl sites for hydroxylation is 2. The number of rotatable bonds is 2. The minimum Gasteiger partial charge on any atom is -0.512 e. The Hall–Kier alpha value is -0.995. The largest absolute Gasteiger partial charge is 0.707 e. The van der Waals surface area contributed by atoms with Gasteiger partial charge in [0.2, 0.25) is 0 Å². The zero-order chi connectivity index (χ0) is 10.0. The van der Waals surface area contributed by atoms with Crippen molar-refractivity contribution in [1.82, 2.24) is 0 Å². The predicted molar refractivity (Wildman–Crippen MR) is 51.5 cm³/mol. The van der Waals surface area contributed by atoms with E-state index in [9.17, 15) is 0 Å². The van der Waals surface area contributed by atoms with Gasteiger partial charge in [-0.3, -0.25) is 0 Å². The lowest BCUT2D eigenvalue weighted by atomic mass is 10.1. The first-order valence-electron chi connectivity index (χ1n) is 4.11. The quantitative estimate of drug-likeness (QED) is 0.666. The molecule has 13 heavy (non-hydrogen) atoms. The fraction of sp³-hybridized carbons (Fsp3) is 0.333. The van der Waals surface area contributed by atoms with Crippen LogP contribution in [0.25, 0.3) is 0 Å². The van der Waals surface area contributed by atoms with Gasteiger partial charge in [0.25, 0.3) is 0 Å². The van der Waals surface area contributed by atoms with E-state index in [1.807, 2.05) is 26.8 Å². The third-order valence-electron chi connectivity index (χ3n) is 2.00. The van der Waals surface area contributed by atoms with Crippen molar-refractivity contribution in [3.8, 4) is 5.75 Å². The van der Waals surface area contributed by atoms with Gasteiger partial charge in [0.15, 0.2) is 0 Å². The van der Waals surface area contributed by atoms with Crippen LogP contribution in [-0.2, 0) is 0 Å². The molecule has 0 unspecified atom stereocenters. The van der Waals surface area contributed by atoms with Crippen LogP contribution in [0.15, 0.2) is 12.1 Å². The molecule has 0 aliphatic heterocycles. The maximum absolute atomic E-state index is 8.65. The Kier molecular flexibility index (Phi) is 2.96. The molecule has 70 valence electrons. The average molecular weight is 180 g/mol. The van der Waals surface area contributed by atoms with Crippen LogP contribution < -0.4 is 4.65 Å². The number of hydrogen-bond acceptors (Lipinski definition) is 3. The Morgan fingerprint density at radius 3 is 2.31 bits per heavy atom. The van der Waals surface area contributed by atoms with Gasteiger partial charge < -0.3 is 14.7 Å². The van der Waals surface area contributed by atoms with E-state index in [2.05, 4.69) is 0 Å². The first-order valence-corrected chi connectivity index (χ1v) is 4.11. The molecular weight excluding hydrogens is 167 g/mol. The SMILES string of the molecule is Cc1cc(C)c(C)c(OB(O)O)c1. The Morgan fingerprint density at radius 1 is 1.15 bits per heavy atom. The van der Waals surface area contributed by atoms with Gasteiger partial charge in [0.1, 0.15) is 5.75 Å². The highest BCUT2D eigenvalue weighted by molar-refractivity contribution is 6.33. The zero-order valence-corrected chi connectivity index (χ0v) is 8.03. The molecule has 0 aliphatic carbocycles. The Morgan fingerprint density at radius 2 is 1.77 bits per heavy atom. The van der Waals surface area contributed by atoms with Crippen LogP contribution in [-0.4, -0.2) is 17.4 Å². The molecule has 0 spiro atoms. The molecule has 0 fully saturated rings. The van der Waals surface area contributed by atoms with Gasteiger partial charge in [0, 0.05) is 0 Å². The summed E-state index contributed by atoms with van der Waals surface area (Å²) in [6, 6.07) is 3.80. The fourth-order valence-electron chi connectivity index (χ4n) is 1.24. The molecule has 0 radical (unpaired) electrons. The predicted octanol–water partition coefficient (Wildman–Crippen LogP) is 0.960. The molecule has 2 N–H and O–H groups in total. The third kappa shape index (κ3) is 2.47. The van der Waals surface area contributed by atoms with Crippen molar-refractivity contribution >= 4 is 7.32 Å². The summed E-state index contributed by atoms with van der Waals surface area (Å²) in [5.41, 5.74) is 3.05. The standard InChI is InChI=1S/C9H13BO3/c1-6-4-7(2)8(3)9(5-6)13-10(11)12/h4-5,11-12H,1-3H3. The molecule has 0 bridgehead atoms. The zero-order valence-electron chi connectivity index (χ0n) is 8.03. The van der Waals surface area contributed by atoms with Gasteiger partial charge >= 0.3 is 7.32 Å². The molecular formula is C9H13BO3. The number of hydrogen-bond donors (Lipinski definition) is 2. The van der Waals surface area contributed by atoms with Crippen LogP contribution in [0.2, 0.25) is 0 Å². The Labute approximate surface area is 78.2 Å². The van der Waals surface area contributed by atoms with Crippen LogP contribution >= 0.6 is 0 Å². The number of benzene rings is 1. The molecule has 0 heterocycles. The van der Waals surface area contributed by atoms with Crippen LogP contribution in [0, 0.1) is 20.8 Å². The van der Waals surface area contributed by atoms with Gasteiger partial charge in [-0.15, -0.1) is 0 Å². The normalized spacial score (nSPS) is 9.92. The minimum absolute atomic E-state index is 0.521. The van der Waals surface area contributed by atoms with Crippen LogP contribution in [0.3, 0.4) is 0 Å². The molecule has 1 aromatic rings. The van der Waals surface area contributed by atoms with Crippen molar-refractivity contribution in [2.45, 2.75) is 20.8 Å². The van der Waals surface area contributed by atoms with Crippen LogP contribution in [0.1, 0.15) is 16.7 Å². The molecule has 3 nitrogen and oxygen atoms in total. The first kappa shape index (κ1) is 10.1. The summed E-state index contributed by atoms with van der Waals surface area (Å²) in [4.78, 5) is 0. The van der Waals surface area contributed by atoms with E-state index in [4.69, 9.17) is 14.7 Å². The van der Waals surface area contributed by atoms with E-state index in [-0.39, 0.29) is 0 Å². The average Bonchev–Trinajstić information content (AvgIpc) is 1.98. The summed E-state index contributed by atoms with van der Waals surface area (Å²) < 4.78 is 4.82. The van der Waals surface area contributed by atoms with Crippen molar-refractivity contribution in [2.24, 2.45) is 0 Å². The highest BCUT2D eigenvalue weighted by Crippen LogP contribution is 2.23. The van der Waals surface area contributed by atoms with Crippen molar-refractivity contribution in [3.63, 3.8) is 0 Å². The van der Waals surface area contributed by atoms with E-state index in [0.29, 0.717) is 5.75 Å². The lowest BCUT2D eigenvalue weighted by Crippen LogP contribution is -2.21. The minimum atomic E-state index is -1.75. The van der Waals surface area contributed by atoms with Crippen molar-refractivity contribution in [2.75, 3.05) is 0 Å². The van der Waals surface area contributed by atoms with Crippen LogP contribution in [0.4, 0.5) is 0 Å². The van der Waals surface area contributed by atoms with Crippen LogP contribution in [0.5, 0.6) is 5.75 Å². The first-order chi connectivity index (χ1) is 6.00. The molecule has 4 heteroatoms. The second-order valence-electron chi connectivity index (χ2n) is 3.15. The molecule has 0 saturated carbocycles. The van der Waals surface area contributed by atoms with Gasteiger partial charge in [0.05, 0.1) is 0 Å². The second kappa shape index (κ2) is 3.81. The molecule has 1 aromatic carbocycles. The molecule has 0 atom stereocenters. The molecule has 0 aliphatic rings. The van der Waals surface area contributed by atoms with E-state index in [1.165, 1.54) is 0 Å². The van der Waals surface area contributed by atoms with E-state index >= 15 is 0 Å². The monoisotopic (exact) mass is 180 g/mol. The summed E-state index contributed by atoms with van der Waals surface area (Å²) in [5.74, 6) is 0.521. The highest BCUT2D eigenvalue weighted by atomic mass is 16.6. The third-order valence-corrected chi connectivity index (χ3v) is 2.00. The van der Waals surface area contributed by atoms with E-state index in [1.54, 1.807) is 6.07 Å². The molecule has 0 amide bonds. The van der Waals surface area contributed by atoms with Gasteiger partial charge in [-0.2, -0.15) is 0 Å². The second-order valence-corrected chi connectivity index (χ2v) is 3.15. The van der Waals surface area contributed by atoms with E-state index < -0.39 is 7.32 Å². The highest BCUT2D eigenvalue weighted by Gasteiger charge is 2.13. The van der Waals surface area contributed by atoms with Gasteiger partial charge in [-0.05, 0) is 43.5 Å². The molecule has 0 saturated heterocycles. The van der Waals surface area contributed by atoms with Crippen molar-refractivity contribution in [1.29, 1.82) is 0 Å². The lowest BCUT2D eigenvalue weighted by Gasteiger charge is -2.11. The molecule has 0 aromatic heterocycles. The van der Waals surface area contributed by atoms with Crippen molar-refractivity contribution < 1.29 is 14.7 Å². The van der Waals surface area contributed by atoms with Crippen molar-refractivity contribution in [3.05, 3.63) is 28.8 Å². The van der Waals surface area contributed by atoms with E-state index in [0.717, 1.165) is 16.7 Å². The summed E-state index contributed by atoms with van der Waals surface area (Å²) in [6.07, 6.45) is 0. The maximum Gasteiger partial charge on any atom is 0.707 e. The van der Waals surface area contributed by atoms with Gasteiger partial charge in [-0.25, -0.2) is 0 Å². The Bertz CT molecular complexity index is 310. The lowest BCUT2D eigenvalue weighted by molar-refractivity contribution is 0.287. The summed E-state index contributed by atoms with van der Waals surface area (Å²) >= 11 is 0. The Balaban J connectivity index is 3.05. The summed E-state index contributed by atoms with van der Waals surface area (Å²) in [5, 5.41) is 17.3.